The molecule has 4 rings (SSSR count). The van der Waals surface area contributed by atoms with Crippen LogP contribution in [0.4, 0.5) is 15.0 Å². The van der Waals surface area contributed by atoms with Gasteiger partial charge in [-0.1, -0.05) is 36.2 Å². The Morgan fingerprint density at radius 1 is 1.19 bits per heavy atom. The molecule has 3 heterocycles. The molecule has 2 saturated heterocycles. The van der Waals surface area contributed by atoms with Crippen LogP contribution in [-0.4, -0.2) is 84.6 Å². The lowest BCUT2D eigenvalue weighted by Gasteiger charge is -2.47. The second kappa shape index (κ2) is 12.6. The molecule has 10 heteroatoms. The molecule has 0 bridgehead atoms. The minimum Gasteiger partial charge on any atom is -0.353 e. The molecule has 2 fully saturated rings. The van der Waals surface area contributed by atoms with Crippen molar-refractivity contribution in [1.29, 1.82) is 0 Å². The lowest BCUT2D eigenvalue weighted by molar-refractivity contribution is 0.0607. The van der Waals surface area contributed by atoms with Crippen LogP contribution in [0.3, 0.4) is 0 Å². The van der Waals surface area contributed by atoms with Gasteiger partial charge in [0.15, 0.2) is 0 Å². The summed E-state index contributed by atoms with van der Waals surface area (Å²) in [5.74, 6) is 0.581. The van der Waals surface area contributed by atoms with E-state index in [1.807, 2.05) is 6.07 Å². The molecule has 0 spiro atoms. The van der Waals surface area contributed by atoms with Gasteiger partial charge in [0.1, 0.15) is 11.6 Å². The first-order valence-corrected chi connectivity index (χ1v) is 13.8. The maximum Gasteiger partial charge on any atom is 0.317 e. The van der Waals surface area contributed by atoms with Gasteiger partial charge in [0.2, 0.25) is 0 Å². The molecule has 2 aliphatic heterocycles. The molecule has 1 aromatic heterocycles. The third-order valence-corrected chi connectivity index (χ3v) is 7.98. The summed E-state index contributed by atoms with van der Waals surface area (Å²) < 4.78 is 14.2. The monoisotopic (exact) mass is 552 g/mol. The van der Waals surface area contributed by atoms with Crippen LogP contribution < -0.4 is 10.2 Å². The van der Waals surface area contributed by atoms with Crippen LogP contribution in [0.15, 0.2) is 30.5 Å². The van der Waals surface area contributed by atoms with Crippen LogP contribution >= 0.6 is 23.2 Å². The standard InChI is InChI=1S/C27H37Cl2FN6O.H2/c1-4-22-18-35(26-24(29)13-19(15-31-26)16-32-27(37)33(2)3)11-12-36(22)23-7-9-34(10-8-23)17-20-5-6-21(28)14-25(20)30;/h5-6,13-15,22-23H,4,7-12,16-18H2,1-3H3,(H,32,37);1H/t22-;/m0./s1. The molecule has 0 unspecified atom stereocenters. The molecular weight excluding hydrogens is 514 g/mol. The zero-order valence-corrected chi connectivity index (χ0v) is 23.4. The zero-order valence-electron chi connectivity index (χ0n) is 21.9. The van der Waals surface area contributed by atoms with Gasteiger partial charge >= 0.3 is 6.03 Å². The Morgan fingerprint density at radius 3 is 2.59 bits per heavy atom. The number of rotatable bonds is 7. The fourth-order valence-corrected chi connectivity index (χ4v) is 5.81. The number of halogens is 3. The first-order valence-electron chi connectivity index (χ1n) is 13.0. The zero-order chi connectivity index (χ0) is 26.5. The number of carbonyl (C=O) groups excluding carboxylic acids is 1. The van der Waals surface area contributed by atoms with Gasteiger partial charge in [0, 0.05) is 77.1 Å². The minimum atomic E-state index is -0.226. The molecule has 1 aromatic carbocycles. The number of carbonyl (C=O) groups is 1. The first kappa shape index (κ1) is 27.9. The number of hydrogen-bond acceptors (Lipinski definition) is 5. The number of amides is 2. The van der Waals surface area contributed by atoms with E-state index in [1.165, 1.54) is 11.0 Å². The summed E-state index contributed by atoms with van der Waals surface area (Å²) in [6.07, 6.45) is 5.01. The number of pyridine rings is 1. The first-order chi connectivity index (χ1) is 17.7. The van der Waals surface area contributed by atoms with Crippen molar-refractivity contribution >= 4 is 35.1 Å². The lowest BCUT2D eigenvalue weighted by Crippen LogP contribution is -2.58. The molecule has 0 aliphatic carbocycles. The fourth-order valence-electron chi connectivity index (χ4n) is 5.34. The van der Waals surface area contributed by atoms with Crippen LogP contribution in [-0.2, 0) is 13.1 Å². The fraction of sp³-hybridized carbons (Fsp3) is 0.556. The summed E-state index contributed by atoms with van der Waals surface area (Å²) in [7, 11) is 3.42. The number of benzene rings is 1. The van der Waals surface area contributed by atoms with E-state index < -0.39 is 0 Å². The molecule has 204 valence electrons. The van der Waals surface area contributed by atoms with Gasteiger partial charge < -0.3 is 15.1 Å². The highest BCUT2D eigenvalue weighted by Crippen LogP contribution is 2.30. The number of anilines is 1. The topological polar surface area (TPSA) is 55.0 Å². The predicted molar refractivity (Wildman–Crippen MR) is 150 cm³/mol. The van der Waals surface area contributed by atoms with Gasteiger partial charge in [-0.15, -0.1) is 0 Å². The van der Waals surface area contributed by atoms with E-state index in [0.29, 0.717) is 40.8 Å². The van der Waals surface area contributed by atoms with Crippen LogP contribution in [0.2, 0.25) is 10.0 Å². The molecule has 0 saturated carbocycles. The normalized spacial score (nSPS) is 19.7. The highest BCUT2D eigenvalue weighted by atomic mass is 35.5. The molecule has 2 aliphatic rings. The summed E-state index contributed by atoms with van der Waals surface area (Å²) in [5.41, 5.74) is 1.58. The van der Waals surface area contributed by atoms with E-state index in [2.05, 4.69) is 31.9 Å². The van der Waals surface area contributed by atoms with Crippen LogP contribution in [0.5, 0.6) is 0 Å². The molecule has 1 N–H and O–H groups in total. The molecule has 0 radical (unpaired) electrons. The number of nitrogens with one attached hydrogen (secondary N) is 1. The van der Waals surface area contributed by atoms with Crippen molar-refractivity contribution in [3.8, 4) is 0 Å². The Kier molecular flexibility index (Phi) is 9.51. The molecule has 1 atom stereocenters. The highest BCUT2D eigenvalue weighted by Gasteiger charge is 2.34. The molecule has 7 nitrogen and oxygen atoms in total. The maximum absolute atomic E-state index is 14.2. The maximum atomic E-state index is 14.2. The SMILES string of the molecule is CC[C@H]1CN(c2ncc(CNC(=O)N(C)C)cc2Cl)CCN1C1CCN(Cc2ccc(Cl)cc2F)CC1.[HH]. The molecular formula is C27H39Cl2FN6O. The van der Waals surface area contributed by atoms with Gasteiger partial charge in [0.25, 0.3) is 0 Å². The Balaban J connectivity index is 0.00000400. The number of hydrogen-bond donors (Lipinski definition) is 1. The lowest BCUT2D eigenvalue weighted by atomic mass is 9.97. The second-order valence-corrected chi connectivity index (χ2v) is 11.0. The number of aromatic nitrogens is 1. The van der Waals surface area contributed by atoms with Crippen molar-refractivity contribution in [3.05, 3.63) is 57.5 Å². The predicted octanol–water partition coefficient (Wildman–Crippen LogP) is 5.11. The summed E-state index contributed by atoms with van der Waals surface area (Å²) in [6.45, 7) is 7.90. The number of piperidine rings is 1. The smallest absolute Gasteiger partial charge is 0.317 e. The Labute approximate surface area is 231 Å². The van der Waals surface area contributed by atoms with Crippen molar-refractivity contribution < 1.29 is 10.6 Å². The van der Waals surface area contributed by atoms with Crippen LogP contribution in [0.1, 0.15) is 38.7 Å². The van der Waals surface area contributed by atoms with E-state index in [0.717, 1.165) is 63.4 Å². The second-order valence-electron chi connectivity index (χ2n) is 10.2. The quantitative estimate of drug-likeness (QED) is 0.517. The Morgan fingerprint density at radius 2 is 1.95 bits per heavy atom. The summed E-state index contributed by atoms with van der Waals surface area (Å²) in [6, 6.07) is 7.65. The van der Waals surface area contributed by atoms with E-state index in [9.17, 15) is 9.18 Å². The van der Waals surface area contributed by atoms with E-state index in [4.69, 9.17) is 23.2 Å². The largest absolute Gasteiger partial charge is 0.353 e. The summed E-state index contributed by atoms with van der Waals surface area (Å²) in [5, 5.41) is 3.89. The van der Waals surface area contributed by atoms with Crippen molar-refractivity contribution in [1.82, 2.24) is 25.0 Å². The molecule has 37 heavy (non-hydrogen) atoms. The summed E-state index contributed by atoms with van der Waals surface area (Å²) >= 11 is 12.5. The van der Waals surface area contributed by atoms with Gasteiger partial charge in [-0.25, -0.2) is 14.2 Å². The van der Waals surface area contributed by atoms with Gasteiger partial charge in [-0.3, -0.25) is 9.80 Å². The van der Waals surface area contributed by atoms with Crippen molar-refractivity contribution in [2.45, 2.75) is 51.4 Å². The minimum absolute atomic E-state index is 0. The Bertz CT molecular complexity index is 1090. The highest BCUT2D eigenvalue weighted by molar-refractivity contribution is 6.33. The van der Waals surface area contributed by atoms with Gasteiger partial charge in [-0.2, -0.15) is 0 Å². The average molecular weight is 554 g/mol. The van der Waals surface area contributed by atoms with Crippen molar-refractivity contribution in [2.24, 2.45) is 0 Å². The van der Waals surface area contributed by atoms with Crippen LogP contribution in [0, 0.1) is 5.82 Å². The third kappa shape index (κ3) is 7.05. The number of nitrogens with zero attached hydrogens (tertiary/aromatic N) is 5. The van der Waals surface area contributed by atoms with Crippen LogP contribution in [0.25, 0.3) is 0 Å². The Hall–Kier alpha value is -2.13. The number of likely N-dealkylation sites (tertiary alicyclic amines) is 1. The molecule has 2 aromatic rings. The third-order valence-electron chi connectivity index (χ3n) is 7.46. The van der Waals surface area contributed by atoms with E-state index >= 15 is 0 Å². The molecule has 2 amide bonds. The van der Waals surface area contributed by atoms with E-state index in [-0.39, 0.29) is 13.3 Å². The van der Waals surface area contributed by atoms with E-state index in [1.54, 1.807) is 32.4 Å². The van der Waals surface area contributed by atoms with Crippen molar-refractivity contribution in [3.63, 3.8) is 0 Å². The number of piperazine rings is 1. The van der Waals surface area contributed by atoms with Crippen molar-refractivity contribution in [2.75, 3.05) is 51.7 Å². The van der Waals surface area contributed by atoms with Gasteiger partial charge in [-0.05, 0) is 56.1 Å². The average Bonchev–Trinajstić information content (AvgIpc) is 2.89. The number of urea groups is 1. The van der Waals surface area contributed by atoms with Gasteiger partial charge in [0.05, 0.1) is 5.02 Å². The summed E-state index contributed by atoms with van der Waals surface area (Å²) in [4.78, 5) is 25.2.